The lowest BCUT2D eigenvalue weighted by Gasteiger charge is -2.14. The van der Waals surface area contributed by atoms with Crippen LogP contribution in [0.15, 0.2) is 23.7 Å². The molecular formula is C12H12Cl2N2S. The van der Waals surface area contributed by atoms with Crippen LogP contribution in [0.2, 0.25) is 10.0 Å². The Morgan fingerprint density at radius 1 is 1.24 bits per heavy atom. The van der Waals surface area contributed by atoms with E-state index >= 15 is 0 Å². The minimum absolute atomic E-state index is 0.192. The SMILES string of the molecule is Cc1ncsc1C(C)Nc1cc(Cl)cc(Cl)c1. The molecule has 1 aromatic heterocycles. The van der Waals surface area contributed by atoms with Crippen molar-refractivity contribution in [3.63, 3.8) is 0 Å². The van der Waals surface area contributed by atoms with Crippen molar-refractivity contribution in [2.24, 2.45) is 0 Å². The largest absolute Gasteiger partial charge is 0.378 e. The third kappa shape index (κ3) is 3.12. The number of benzene rings is 1. The highest BCUT2D eigenvalue weighted by Crippen LogP contribution is 2.28. The van der Waals surface area contributed by atoms with Crippen molar-refractivity contribution in [1.29, 1.82) is 0 Å². The van der Waals surface area contributed by atoms with Gasteiger partial charge in [-0.3, -0.25) is 0 Å². The van der Waals surface area contributed by atoms with E-state index in [4.69, 9.17) is 23.2 Å². The maximum absolute atomic E-state index is 5.96. The molecule has 0 bridgehead atoms. The van der Waals surface area contributed by atoms with E-state index < -0.39 is 0 Å². The lowest BCUT2D eigenvalue weighted by Crippen LogP contribution is -2.06. The van der Waals surface area contributed by atoms with Crippen molar-refractivity contribution >= 4 is 40.2 Å². The van der Waals surface area contributed by atoms with Crippen LogP contribution in [0.25, 0.3) is 0 Å². The van der Waals surface area contributed by atoms with Crippen LogP contribution in [0.1, 0.15) is 23.5 Å². The lowest BCUT2D eigenvalue weighted by atomic mass is 10.2. The van der Waals surface area contributed by atoms with Gasteiger partial charge < -0.3 is 5.32 Å². The first-order valence-corrected chi connectivity index (χ1v) is 6.82. The number of hydrogen-bond acceptors (Lipinski definition) is 3. The van der Waals surface area contributed by atoms with Crippen LogP contribution in [-0.4, -0.2) is 4.98 Å². The number of aryl methyl sites for hydroxylation is 1. The van der Waals surface area contributed by atoms with E-state index in [0.717, 1.165) is 11.4 Å². The highest BCUT2D eigenvalue weighted by molar-refractivity contribution is 7.09. The maximum Gasteiger partial charge on any atom is 0.0798 e. The van der Waals surface area contributed by atoms with E-state index in [1.807, 2.05) is 24.6 Å². The summed E-state index contributed by atoms with van der Waals surface area (Å²) in [5, 5.41) is 4.63. The Labute approximate surface area is 115 Å². The highest BCUT2D eigenvalue weighted by atomic mass is 35.5. The molecule has 1 N–H and O–H groups in total. The van der Waals surface area contributed by atoms with Crippen LogP contribution >= 0.6 is 34.5 Å². The number of thiazole rings is 1. The van der Waals surface area contributed by atoms with Crippen LogP contribution < -0.4 is 5.32 Å². The average molecular weight is 287 g/mol. The van der Waals surface area contributed by atoms with Crippen molar-refractivity contribution in [2.75, 3.05) is 5.32 Å². The van der Waals surface area contributed by atoms with Crippen molar-refractivity contribution in [3.8, 4) is 0 Å². The van der Waals surface area contributed by atoms with Gasteiger partial charge in [-0.25, -0.2) is 4.98 Å². The molecule has 17 heavy (non-hydrogen) atoms. The fourth-order valence-electron chi connectivity index (χ4n) is 1.68. The summed E-state index contributed by atoms with van der Waals surface area (Å²) < 4.78 is 0. The number of nitrogens with zero attached hydrogens (tertiary/aromatic N) is 1. The summed E-state index contributed by atoms with van der Waals surface area (Å²) in [6, 6.07) is 5.63. The summed E-state index contributed by atoms with van der Waals surface area (Å²) in [7, 11) is 0. The van der Waals surface area contributed by atoms with Gasteiger partial charge in [0, 0.05) is 20.6 Å². The molecule has 0 fully saturated rings. The Morgan fingerprint density at radius 3 is 2.41 bits per heavy atom. The first-order chi connectivity index (χ1) is 8.06. The molecule has 5 heteroatoms. The Kier molecular flexibility index (Phi) is 3.92. The number of rotatable bonds is 3. The normalized spacial score (nSPS) is 12.5. The minimum Gasteiger partial charge on any atom is -0.378 e. The molecule has 1 atom stereocenters. The molecule has 0 aliphatic carbocycles. The zero-order chi connectivity index (χ0) is 12.4. The Morgan fingerprint density at radius 2 is 1.88 bits per heavy atom. The number of halogens is 2. The van der Waals surface area contributed by atoms with Gasteiger partial charge in [0.15, 0.2) is 0 Å². The monoisotopic (exact) mass is 286 g/mol. The molecule has 0 amide bonds. The molecular weight excluding hydrogens is 275 g/mol. The van der Waals surface area contributed by atoms with E-state index in [9.17, 15) is 0 Å². The van der Waals surface area contributed by atoms with E-state index in [1.54, 1.807) is 17.4 Å². The standard InChI is InChI=1S/C12H12Cl2N2S/c1-7-12(17-6-15-7)8(2)16-11-4-9(13)3-10(14)5-11/h3-6,8,16H,1-2H3. The van der Waals surface area contributed by atoms with E-state index in [1.165, 1.54) is 4.88 Å². The van der Waals surface area contributed by atoms with Crippen molar-refractivity contribution < 1.29 is 0 Å². The summed E-state index contributed by atoms with van der Waals surface area (Å²) in [4.78, 5) is 5.46. The number of hydrogen-bond donors (Lipinski definition) is 1. The molecule has 2 nitrogen and oxygen atoms in total. The lowest BCUT2D eigenvalue weighted by molar-refractivity contribution is 0.890. The first kappa shape index (κ1) is 12.7. The summed E-state index contributed by atoms with van der Waals surface area (Å²) in [5.41, 5.74) is 3.83. The predicted octanol–water partition coefficient (Wildman–Crippen LogP) is 4.93. The van der Waals surface area contributed by atoms with Crippen LogP contribution in [0.5, 0.6) is 0 Å². The molecule has 0 saturated carbocycles. The second-order valence-electron chi connectivity index (χ2n) is 3.83. The van der Waals surface area contributed by atoms with E-state index in [-0.39, 0.29) is 6.04 Å². The molecule has 2 aromatic rings. The van der Waals surface area contributed by atoms with Crippen molar-refractivity contribution in [3.05, 3.63) is 44.3 Å². The average Bonchev–Trinajstić information content (AvgIpc) is 2.62. The molecule has 0 radical (unpaired) electrons. The Hall–Kier alpha value is -0.770. The molecule has 0 spiro atoms. The summed E-state index contributed by atoms with van der Waals surface area (Å²) >= 11 is 13.6. The second-order valence-corrected chi connectivity index (χ2v) is 5.59. The fraction of sp³-hybridized carbons (Fsp3) is 0.250. The zero-order valence-electron chi connectivity index (χ0n) is 9.50. The Balaban J connectivity index is 2.18. The summed E-state index contributed by atoms with van der Waals surface area (Å²) in [5.74, 6) is 0. The molecule has 0 aliphatic rings. The van der Waals surface area contributed by atoms with Crippen molar-refractivity contribution in [2.45, 2.75) is 19.9 Å². The third-order valence-electron chi connectivity index (χ3n) is 2.42. The van der Waals surface area contributed by atoms with Crippen LogP contribution in [0.4, 0.5) is 5.69 Å². The minimum atomic E-state index is 0.192. The van der Waals surface area contributed by atoms with Gasteiger partial charge in [-0.2, -0.15) is 0 Å². The van der Waals surface area contributed by atoms with Crippen LogP contribution in [0.3, 0.4) is 0 Å². The molecule has 2 rings (SSSR count). The molecule has 1 heterocycles. The summed E-state index contributed by atoms with van der Waals surface area (Å²) in [6.07, 6.45) is 0. The zero-order valence-corrected chi connectivity index (χ0v) is 11.8. The molecule has 0 aliphatic heterocycles. The first-order valence-electron chi connectivity index (χ1n) is 5.19. The molecule has 90 valence electrons. The highest BCUT2D eigenvalue weighted by Gasteiger charge is 2.11. The number of aromatic nitrogens is 1. The quantitative estimate of drug-likeness (QED) is 0.865. The van der Waals surface area contributed by atoms with Gasteiger partial charge in [-0.15, -0.1) is 11.3 Å². The molecule has 0 saturated heterocycles. The summed E-state index contributed by atoms with van der Waals surface area (Å²) in [6.45, 7) is 4.10. The predicted molar refractivity (Wildman–Crippen MR) is 75.4 cm³/mol. The van der Waals surface area contributed by atoms with Gasteiger partial charge in [-0.05, 0) is 32.0 Å². The van der Waals surface area contributed by atoms with Crippen molar-refractivity contribution in [1.82, 2.24) is 4.98 Å². The third-order valence-corrected chi connectivity index (χ3v) is 3.97. The smallest absolute Gasteiger partial charge is 0.0798 e. The van der Waals surface area contributed by atoms with Crippen LogP contribution in [-0.2, 0) is 0 Å². The fourth-order valence-corrected chi connectivity index (χ4v) is 3.02. The topological polar surface area (TPSA) is 24.9 Å². The second kappa shape index (κ2) is 5.25. The van der Waals surface area contributed by atoms with E-state index in [0.29, 0.717) is 10.0 Å². The van der Waals surface area contributed by atoms with Gasteiger partial charge in [-0.1, -0.05) is 23.2 Å². The van der Waals surface area contributed by atoms with Gasteiger partial charge in [0.2, 0.25) is 0 Å². The Bertz CT molecular complexity index is 505. The van der Waals surface area contributed by atoms with E-state index in [2.05, 4.69) is 17.2 Å². The van der Waals surface area contributed by atoms with Gasteiger partial charge in [0.25, 0.3) is 0 Å². The maximum atomic E-state index is 5.96. The molecule has 1 unspecified atom stereocenters. The van der Waals surface area contributed by atoms with Gasteiger partial charge >= 0.3 is 0 Å². The van der Waals surface area contributed by atoms with Gasteiger partial charge in [0.05, 0.1) is 17.2 Å². The van der Waals surface area contributed by atoms with Crippen LogP contribution in [0, 0.1) is 6.92 Å². The number of anilines is 1. The number of nitrogens with one attached hydrogen (secondary N) is 1. The molecule has 1 aromatic carbocycles. The van der Waals surface area contributed by atoms with Gasteiger partial charge in [0.1, 0.15) is 0 Å².